The molecule has 6 heteroatoms. The number of fused-ring (bicyclic) bond motifs is 1. The molecular weight excluding hydrogens is 354 g/mol. The number of ether oxygens (including phenoxy) is 2. The van der Waals surface area contributed by atoms with Gasteiger partial charge in [0, 0.05) is 23.6 Å². The van der Waals surface area contributed by atoms with Crippen LogP contribution >= 0.6 is 0 Å². The van der Waals surface area contributed by atoms with Crippen molar-refractivity contribution in [2.24, 2.45) is 0 Å². The van der Waals surface area contributed by atoms with E-state index in [0.29, 0.717) is 23.0 Å². The van der Waals surface area contributed by atoms with E-state index in [9.17, 15) is 4.79 Å². The van der Waals surface area contributed by atoms with Crippen molar-refractivity contribution in [2.75, 3.05) is 14.2 Å². The van der Waals surface area contributed by atoms with Crippen LogP contribution in [0, 0.1) is 0 Å². The number of aromatic amines is 1. The molecule has 1 amide bonds. The van der Waals surface area contributed by atoms with Gasteiger partial charge in [0.2, 0.25) is 0 Å². The van der Waals surface area contributed by atoms with Crippen molar-refractivity contribution in [1.29, 1.82) is 0 Å². The van der Waals surface area contributed by atoms with Crippen molar-refractivity contribution in [1.82, 2.24) is 15.3 Å². The number of nitrogens with one attached hydrogen (secondary N) is 2. The standard InChI is InChI=1S/C22H25N3O3/c1-27-17-11-15(12-18(13-17)28-2)22(26)23-16-7-5-6-14(10-16)21-24-19-8-3-4-9-20(19)25-21/h3-4,8-9,11-14,16H,5-7,10H2,1-2H3,(H,23,26)(H,24,25)/t14-,16-/m0/s1. The maximum absolute atomic E-state index is 12.8. The molecule has 0 radical (unpaired) electrons. The summed E-state index contributed by atoms with van der Waals surface area (Å²) in [6.45, 7) is 0. The fraction of sp³-hybridized carbons (Fsp3) is 0.364. The predicted octanol–water partition coefficient (Wildman–Crippen LogP) is 4.04. The third-order valence-electron chi connectivity index (χ3n) is 5.42. The second-order valence-corrected chi connectivity index (χ2v) is 7.27. The Kier molecular flexibility index (Phi) is 5.19. The van der Waals surface area contributed by atoms with E-state index in [0.717, 1.165) is 42.5 Å². The minimum Gasteiger partial charge on any atom is -0.497 e. The summed E-state index contributed by atoms with van der Waals surface area (Å²) in [4.78, 5) is 21.0. The van der Waals surface area contributed by atoms with E-state index < -0.39 is 0 Å². The van der Waals surface area contributed by atoms with Gasteiger partial charge in [-0.25, -0.2) is 4.98 Å². The first-order valence-electron chi connectivity index (χ1n) is 9.65. The highest BCUT2D eigenvalue weighted by atomic mass is 16.5. The van der Waals surface area contributed by atoms with Gasteiger partial charge in [0.1, 0.15) is 17.3 Å². The van der Waals surface area contributed by atoms with E-state index in [4.69, 9.17) is 14.5 Å². The first-order chi connectivity index (χ1) is 13.7. The number of rotatable bonds is 5. The monoisotopic (exact) mass is 379 g/mol. The average molecular weight is 379 g/mol. The molecule has 1 aliphatic carbocycles. The number of nitrogens with zero attached hydrogens (tertiary/aromatic N) is 1. The number of carbonyl (C=O) groups excluding carboxylic acids is 1. The van der Waals surface area contributed by atoms with E-state index in [1.165, 1.54) is 0 Å². The summed E-state index contributed by atoms with van der Waals surface area (Å²) in [6.07, 6.45) is 4.00. The average Bonchev–Trinajstić information content (AvgIpc) is 3.18. The summed E-state index contributed by atoms with van der Waals surface area (Å²) in [5, 5.41) is 3.18. The third kappa shape index (κ3) is 3.81. The molecule has 1 fully saturated rings. The molecule has 0 aliphatic heterocycles. The zero-order valence-electron chi connectivity index (χ0n) is 16.2. The van der Waals surface area contributed by atoms with Gasteiger partial charge in [-0.3, -0.25) is 4.79 Å². The SMILES string of the molecule is COc1cc(OC)cc(C(=O)N[C@H]2CCC[C@H](c3nc4ccccc4[nH]3)C2)c1. The van der Waals surface area contributed by atoms with Crippen molar-refractivity contribution < 1.29 is 14.3 Å². The Balaban J connectivity index is 1.47. The molecule has 6 nitrogen and oxygen atoms in total. The van der Waals surface area contributed by atoms with Crippen LogP contribution in [-0.2, 0) is 0 Å². The molecule has 0 spiro atoms. The molecule has 2 N–H and O–H groups in total. The smallest absolute Gasteiger partial charge is 0.251 e. The molecule has 146 valence electrons. The van der Waals surface area contributed by atoms with Crippen LogP contribution in [0.4, 0.5) is 0 Å². The van der Waals surface area contributed by atoms with E-state index in [-0.39, 0.29) is 11.9 Å². The van der Waals surface area contributed by atoms with Gasteiger partial charge in [-0.05, 0) is 43.5 Å². The Morgan fingerprint density at radius 2 is 1.86 bits per heavy atom. The molecule has 1 heterocycles. The van der Waals surface area contributed by atoms with Gasteiger partial charge in [-0.1, -0.05) is 18.6 Å². The molecule has 2 aromatic carbocycles. The normalized spacial score (nSPS) is 19.4. The molecule has 1 aromatic heterocycles. The van der Waals surface area contributed by atoms with Crippen molar-refractivity contribution in [3.05, 3.63) is 53.9 Å². The van der Waals surface area contributed by atoms with E-state index >= 15 is 0 Å². The number of hydrogen-bond acceptors (Lipinski definition) is 4. The third-order valence-corrected chi connectivity index (χ3v) is 5.42. The highest BCUT2D eigenvalue weighted by molar-refractivity contribution is 5.95. The van der Waals surface area contributed by atoms with Gasteiger partial charge >= 0.3 is 0 Å². The minimum absolute atomic E-state index is 0.104. The largest absolute Gasteiger partial charge is 0.497 e. The fourth-order valence-corrected chi connectivity index (χ4v) is 3.94. The molecule has 1 saturated carbocycles. The zero-order valence-corrected chi connectivity index (χ0v) is 16.2. The van der Waals surface area contributed by atoms with Gasteiger partial charge in [0.05, 0.1) is 25.3 Å². The second-order valence-electron chi connectivity index (χ2n) is 7.27. The molecular formula is C22H25N3O3. The van der Waals surface area contributed by atoms with Crippen LogP contribution in [0.5, 0.6) is 11.5 Å². The number of imidazole rings is 1. The molecule has 28 heavy (non-hydrogen) atoms. The summed E-state index contributed by atoms with van der Waals surface area (Å²) in [5.41, 5.74) is 2.60. The van der Waals surface area contributed by atoms with Gasteiger partial charge in [0.15, 0.2) is 0 Å². The Labute approximate surface area is 164 Å². The first kappa shape index (κ1) is 18.3. The zero-order chi connectivity index (χ0) is 19.5. The quantitative estimate of drug-likeness (QED) is 0.702. The van der Waals surface area contributed by atoms with Crippen molar-refractivity contribution >= 4 is 16.9 Å². The van der Waals surface area contributed by atoms with Gasteiger partial charge in [0.25, 0.3) is 5.91 Å². The number of amides is 1. The predicted molar refractivity (Wildman–Crippen MR) is 108 cm³/mol. The van der Waals surface area contributed by atoms with Crippen LogP contribution in [0.2, 0.25) is 0 Å². The molecule has 0 unspecified atom stereocenters. The van der Waals surface area contributed by atoms with E-state index in [1.807, 2.05) is 24.3 Å². The van der Waals surface area contributed by atoms with Crippen LogP contribution in [0.15, 0.2) is 42.5 Å². The molecule has 2 atom stereocenters. The van der Waals surface area contributed by atoms with Crippen LogP contribution in [0.3, 0.4) is 0 Å². The molecule has 0 saturated heterocycles. The van der Waals surface area contributed by atoms with Crippen molar-refractivity contribution in [3.8, 4) is 11.5 Å². The lowest BCUT2D eigenvalue weighted by molar-refractivity contribution is 0.0924. The summed E-state index contributed by atoms with van der Waals surface area (Å²) >= 11 is 0. The summed E-state index contributed by atoms with van der Waals surface area (Å²) in [6, 6.07) is 13.4. The Morgan fingerprint density at radius 3 is 2.57 bits per heavy atom. The highest BCUT2D eigenvalue weighted by Crippen LogP contribution is 2.32. The molecule has 0 bridgehead atoms. The second kappa shape index (κ2) is 7.92. The number of aromatic nitrogens is 2. The van der Waals surface area contributed by atoms with E-state index in [2.05, 4.69) is 10.3 Å². The van der Waals surface area contributed by atoms with Crippen molar-refractivity contribution in [3.63, 3.8) is 0 Å². The van der Waals surface area contributed by atoms with Gasteiger partial charge in [-0.15, -0.1) is 0 Å². The van der Waals surface area contributed by atoms with Gasteiger partial charge < -0.3 is 19.8 Å². The van der Waals surface area contributed by atoms with Crippen molar-refractivity contribution in [2.45, 2.75) is 37.6 Å². The maximum atomic E-state index is 12.8. The number of methoxy groups -OCH3 is 2. The van der Waals surface area contributed by atoms with Gasteiger partial charge in [-0.2, -0.15) is 0 Å². The summed E-state index contributed by atoms with van der Waals surface area (Å²) in [7, 11) is 3.16. The number of para-hydroxylation sites is 2. The van der Waals surface area contributed by atoms with Crippen LogP contribution in [-0.4, -0.2) is 36.1 Å². The summed E-state index contributed by atoms with van der Waals surface area (Å²) < 4.78 is 10.5. The Bertz CT molecular complexity index is 927. The van der Waals surface area contributed by atoms with Crippen LogP contribution < -0.4 is 14.8 Å². The van der Waals surface area contributed by atoms with E-state index in [1.54, 1.807) is 32.4 Å². The number of hydrogen-bond donors (Lipinski definition) is 2. The number of carbonyl (C=O) groups is 1. The van der Waals surface area contributed by atoms with Crippen LogP contribution in [0.25, 0.3) is 11.0 Å². The number of H-pyrrole nitrogens is 1. The highest BCUT2D eigenvalue weighted by Gasteiger charge is 2.27. The fourth-order valence-electron chi connectivity index (χ4n) is 3.94. The lowest BCUT2D eigenvalue weighted by atomic mass is 9.85. The number of benzene rings is 2. The molecule has 1 aliphatic rings. The lowest BCUT2D eigenvalue weighted by Gasteiger charge is -2.28. The summed E-state index contributed by atoms with van der Waals surface area (Å²) in [5.74, 6) is 2.45. The topological polar surface area (TPSA) is 76.2 Å². The van der Waals surface area contributed by atoms with Crippen LogP contribution in [0.1, 0.15) is 47.8 Å². The molecule has 4 rings (SSSR count). The first-order valence-corrected chi connectivity index (χ1v) is 9.65. The Hall–Kier alpha value is -3.02. The molecule has 3 aromatic rings. The Morgan fingerprint density at radius 1 is 1.11 bits per heavy atom. The lowest BCUT2D eigenvalue weighted by Crippen LogP contribution is -2.38. The minimum atomic E-state index is -0.104. The maximum Gasteiger partial charge on any atom is 0.251 e.